The minimum atomic E-state index is 0.334. The van der Waals surface area contributed by atoms with E-state index in [4.69, 9.17) is 10.5 Å². The molecule has 0 aromatic heterocycles. The summed E-state index contributed by atoms with van der Waals surface area (Å²) in [5, 5.41) is 0. The normalized spacial score (nSPS) is 31.0. The van der Waals surface area contributed by atoms with Gasteiger partial charge in [-0.2, -0.15) is 0 Å². The van der Waals surface area contributed by atoms with Crippen molar-refractivity contribution >= 4 is 0 Å². The molecule has 2 N–H and O–H groups in total. The van der Waals surface area contributed by atoms with Gasteiger partial charge in [-0.25, -0.2) is 0 Å². The molecule has 18 heavy (non-hydrogen) atoms. The van der Waals surface area contributed by atoms with E-state index in [9.17, 15) is 0 Å². The van der Waals surface area contributed by atoms with Crippen molar-refractivity contribution < 1.29 is 4.74 Å². The van der Waals surface area contributed by atoms with Gasteiger partial charge in [-0.3, -0.25) is 4.90 Å². The number of rotatable bonds is 6. The molecular weight excluding hydrogens is 224 g/mol. The topological polar surface area (TPSA) is 38.5 Å². The second kappa shape index (κ2) is 7.46. The summed E-state index contributed by atoms with van der Waals surface area (Å²) >= 11 is 0. The summed E-state index contributed by atoms with van der Waals surface area (Å²) in [6, 6.07) is 1.18. The lowest BCUT2D eigenvalue weighted by Crippen LogP contribution is -2.50. The summed E-state index contributed by atoms with van der Waals surface area (Å²) in [5.74, 6) is 0.971. The number of hydrogen-bond donors (Lipinski definition) is 1. The van der Waals surface area contributed by atoms with Gasteiger partial charge >= 0.3 is 0 Å². The Labute approximate surface area is 112 Å². The maximum absolute atomic E-state index is 6.27. The first-order valence-electron chi connectivity index (χ1n) is 7.80. The maximum atomic E-state index is 6.27. The zero-order chi connectivity index (χ0) is 12.8. The van der Waals surface area contributed by atoms with Crippen molar-refractivity contribution in [3.05, 3.63) is 0 Å². The van der Waals surface area contributed by atoms with Crippen LogP contribution < -0.4 is 5.73 Å². The third-order valence-corrected chi connectivity index (χ3v) is 4.75. The summed E-state index contributed by atoms with van der Waals surface area (Å²) in [4.78, 5) is 2.70. The van der Waals surface area contributed by atoms with Crippen LogP contribution in [0.15, 0.2) is 0 Å². The second-order valence-corrected chi connectivity index (χ2v) is 6.14. The summed E-state index contributed by atoms with van der Waals surface area (Å²) in [5.41, 5.74) is 6.27. The number of piperidine rings is 1. The Morgan fingerprint density at radius 2 is 2.00 bits per heavy atom. The quantitative estimate of drug-likeness (QED) is 0.740. The van der Waals surface area contributed by atoms with E-state index in [1.54, 1.807) is 7.11 Å². The monoisotopic (exact) mass is 254 g/mol. The van der Waals surface area contributed by atoms with Gasteiger partial charge in [-0.05, 0) is 51.0 Å². The number of likely N-dealkylation sites (tertiary alicyclic amines) is 1. The standard InChI is InChI=1S/C15H30N2O/c1-18-11-5-8-14(16)12-17-10-4-7-13-6-2-3-9-15(13)17/h13-15H,2-12,16H2,1H3/t13-,14?,15-/m1/s1. The molecule has 1 aliphatic heterocycles. The summed E-state index contributed by atoms with van der Waals surface area (Å²) in [7, 11) is 1.77. The Hall–Kier alpha value is -0.120. The molecule has 0 aromatic carbocycles. The molecule has 3 heteroatoms. The fraction of sp³-hybridized carbons (Fsp3) is 1.00. The first-order chi connectivity index (χ1) is 8.81. The minimum absolute atomic E-state index is 0.334. The van der Waals surface area contributed by atoms with E-state index in [1.807, 2.05) is 0 Å². The number of fused-ring (bicyclic) bond motifs is 1. The first kappa shape index (κ1) is 14.3. The zero-order valence-electron chi connectivity index (χ0n) is 11.9. The fourth-order valence-corrected chi connectivity index (χ4v) is 3.84. The highest BCUT2D eigenvalue weighted by molar-refractivity contribution is 4.88. The first-order valence-corrected chi connectivity index (χ1v) is 7.80. The van der Waals surface area contributed by atoms with E-state index in [1.165, 1.54) is 45.1 Å². The van der Waals surface area contributed by atoms with Crippen LogP contribution in [0.3, 0.4) is 0 Å². The predicted octanol–water partition coefficient (Wildman–Crippen LogP) is 2.39. The van der Waals surface area contributed by atoms with Crippen LogP contribution in [0.1, 0.15) is 51.4 Å². The van der Waals surface area contributed by atoms with Gasteiger partial charge in [0.2, 0.25) is 0 Å². The molecule has 3 atom stereocenters. The molecule has 2 aliphatic rings. The number of methoxy groups -OCH3 is 1. The van der Waals surface area contributed by atoms with Crippen molar-refractivity contribution in [1.29, 1.82) is 0 Å². The van der Waals surface area contributed by atoms with Gasteiger partial charge in [0.1, 0.15) is 0 Å². The maximum Gasteiger partial charge on any atom is 0.0462 e. The van der Waals surface area contributed by atoms with Gasteiger partial charge in [-0.15, -0.1) is 0 Å². The van der Waals surface area contributed by atoms with Gasteiger partial charge in [0.15, 0.2) is 0 Å². The van der Waals surface area contributed by atoms with E-state index in [0.29, 0.717) is 6.04 Å². The smallest absolute Gasteiger partial charge is 0.0462 e. The van der Waals surface area contributed by atoms with Gasteiger partial charge in [0.05, 0.1) is 0 Å². The average molecular weight is 254 g/mol. The number of nitrogens with zero attached hydrogens (tertiary/aromatic N) is 1. The highest BCUT2D eigenvalue weighted by atomic mass is 16.5. The molecule has 3 nitrogen and oxygen atoms in total. The molecule has 1 unspecified atom stereocenters. The van der Waals surface area contributed by atoms with E-state index in [0.717, 1.165) is 38.0 Å². The van der Waals surface area contributed by atoms with Crippen LogP contribution in [0.4, 0.5) is 0 Å². The SMILES string of the molecule is COCCCC(N)CN1CCC[C@H]2CCCC[C@H]21. The van der Waals surface area contributed by atoms with E-state index >= 15 is 0 Å². The van der Waals surface area contributed by atoms with Gasteiger partial charge < -0.3 is 10.5 Å². The highest BCUT2D eigenvalue weighted by Gasteiger charge is 2.33. The van der Waals surface area contributed by atoms with Gasteiger partial charge in [0.25, 0.3) is 0 Å². The molecule has 2 fully saturated rings. The molecule has 0 spiro atoms. The van der Waals surface area contributed by atoms with Gasteiger partial charge in [0, 0.05) is 32.3 Å². The van der Waals surface area contributed by atoms with Crippen LogP contribution in [-0.4, -0.2) is 43.8 Å². The van der Waals surface area contributed by atoms with Gasteiger partial charge in [-0.1, -0.05) is 12.8 Å². The van der Waals surface area contributed by atoms with Crippen molar-refractivity contribution in [1.82, 2.24) is 4.90 Å². The Morgan fingerprint density at radius 3 is 2.83 bits per heavy atom. The molecule has 0 amide bonds. The van der Waals surface area contributed by atoms with Crippen molar-refractivity contribution in [3.8, 4) is 0 Å². The number of hydrogen-bond acceptors (Lipinski definition) is 3. The molecule has 1 aliphatic carbocycles. The average Bonchev–Trinajstić information content (AvgIpc) is 2.39. The molecular formula is C15H30N2O. The third-order valence-electron chi connectivity index (χ3n) is 4.75. The Morgan fingerprint density at radius 1 is 1.22 bits per heavy atom. The van der Waals surface area contributed by atoms with E-state index in [-0.39, 0.29) is 0 Å². The lowest BCUT2D eigenvalue weighted by atomic mass is 9.78. The summed E-state index contributed by atoms with van der Waals surface area (Å²) < 4.78 is 5.10. The third kappa shape index (κ3) is 3.94. The van der Waals surface area contributed by atoms with Crippen LogP contribution in [0.25, 0.3) is 0 Å². The zero-order valence-corrected chi connectivity index (χ0v) is 11.9. The highest BCUT2D eigenvalue weighted by Crippen LogP contribution is 2.35. The van der Waals surface area contributed by atoms with Crippen molar-refractivity contribution in [2.24, 2.45) is 11.7 Å². The fourth-order valence-electron chi connectivity index (χ4n) is 3.84. The van der Waals surface area contributed by atoms with Crippen molar-refractivity contribution in [3.63, 3.8) is 0 Å². The predicted molar refractivity (Wildman–Crippen MR) is 75.6 cm³/mol. The van der Waals surface area contributed by atoms with Crippen LogP contribution in [0, 0.1) is 5.92 Å². The van der Waals surface area contributed by atoms with Crippen LogP contribution in [-0.2, 0) is 4.74 Å². The van der Waals surface area contributed by atoms with Crippen molar-refractivity contribution in [2.45, 2.75) is 63.5 Å². The van der Waals surface area contributed by atoms with Crippen LogP contribution in [0.5, 0.6) is 0 Å². The molecule has 1 heterocycles. The molecule has 1 saturated carbocycles. The Kier molecular flexibility index (Phi) is 5.93. The van der Waals surface area contributed by atoms with Crippen LogP contribution in [0.2, 0.25) is 0 Å². The van der Waals surface area contributed by atoms with Crippen LogP contribution >= 0.6 is 0 Å². The Balaban J connectivity index is 1.76. The largest absolute Gasteiger partial charge is 0.385 e. The summed E-state index contributed by atoms with van der Waals surface area (Å²) in [6.45, 7) is 3.23. The van der Waals surface area contributed by atoms with E-state index < -0.39 is 0 Å². The molecule has 1 saturated heterocycles. The lowest BCUT2D eigenvalue weighted by molar-refractivity contribution is 0.0547. The number of nitrogens with two attached hydrogens (primary N) is 1. The molecule has 0 bridgehead atoms. The Bertz CT molecular complexity index is 233. The second-order valence-electron chi connectivity index (χ2n) is 6.14. The summed E-state index contributed by atoms with van der Waals surface area (Å²) in [6.07, 6.45) is 10.8. The molecule has 0 aromatic rings. The number of ether oxygens (including phenoxy) is 1. The lowest BCUT2D eigenvalue weighted by Gasteiger charge is -2.45. The molecule has 0 radical (unpaired) electrons. The van der Waals surface area contributed by atoms with E-state index in [2.05, 4.69) is 4.90 Å². The minimum Gasteiger partial charge on any atom is -0.385 e. The molecule has 106 valence electrons. The molecule has 2 rings (SSSR count). The van der Waals surface area contributed by atoms with Crippen molar-refractivity contribution in [2.75, 3.05) is 26.8 Å².